The van der Waals surface area contributed by atoms with Gasteiger partial charge in [0.1, 0.15) is 5.58 Å². The van der Waals surface area contributed by atoms with Crippen LogP contribution in [0.4, 0.5) is 4.79 Å². The zero-order valence-corrected chi connectivity index (χ0v) is 15.0. The fourth-order valence-electron chi connectivity index (χ4n) is 2.80. The van der Waals surface area contributed by atoms with Crippen molar-refractivity contribution in [3.63, 3.8) is 0 Å². The Hall–Kier alpha value is -2.02. The number of carbonyl (C=O) groups is 2. The summed E-state index contributed by atoms with van der Waals surface area (Å²) in [5.74, 6) is 0.0767. The number of nitrogens with one attached hydrogen (secondary N) is 1. The van der Waals surface area contributed by atoms with Gasteiger partial charge in [-0.15, -0.1) is 0 Å². The number of hydrogen-bond donors (Lipinski definition) is 1. The average molecular weight is 395 g/mol. The fourth-order valence-corrected chi connectivity index (χ4v) is 3.18. The van der Waals surface area contributed by atoms with Crippen LogP contribution in [-0.4, -0.2) is 42.6 Å². The molecule has 0 spiro atoms. The number of furan rings is 1. The molecule has 1 saturated heterocycles. The topological polar surface area (TPSA) is 71.8 Å². The quantitative estimate of drug-likeness (QED) is 0.863. The lowest BCUT2D eigenvalue weighted by Crippen LogP contribution is -2.46. The van der Waals surface area contributed by atoms with Crippen molar-refractivity contribution in [2.24, 2.45) is 0 Å². The van der Waals surface area contributed by atoms with Crippen molar-refractivity contribution in [2.75, 3.05) is 19.7 Å². The summed E-state index contributed by atoms with van der Waals surface area (Å²) in [6.07, 6.45) is 1.12. The number of carbonyl (C=O) groups excluding carboxylic acids is 2. The van der Waals surface area contributed by atoms with Crippen LogP contribution in [0, 0.1) is 0 Å². The lowest BCUT2D eigenvalue weighted by atomic mass is 10.1. The molecule has 1 aliphatic heterocycles. The second-order valence-corrected chi connectivity index (χ2v) is 6.64. The Morgan fingerprint density at radius 2 is 2.08 bits per heavy atom. The number of rotatable bonds is 3. The summed E-state index contributed by atoms with van der Waals surface area (Å²) in [6.45, 7) is 3.32. The molecule has 128 valence electrons. The molecule has 2 aromatic rings. The highest BCUT2D eigenvalue weighted by Crippen LogP contribution is 2.23. The molecule has 1 aromatic carbocycles. The molecule has 2 heterocycles. The average Bonchev–Trinajstić information content (AvgIpc) is 2.99. The molecule has 24 heavy (non-hydrogen) atoms. The molecule has 0 aliphatic carbocycles. The molecule has 1 aromatic heterocycles. The first kappa shape index (κ1) is 16.8. The van der Waals surface area contributed by atoms with Crippen LogP contribution in [0.2, 0.25) is 0 Å². The van der Waals surface area contributed by atoms with Gasteiger partial charge in [-0.1, -0.05) is 15.9 Å². The summed E-state index contributed by atoms with van der Waals surface area (Å²) in [6, 6.07) is 7.38. The highest BCUT2D eigenvalue weighted by molar-refractivity contribution is 9.10. The van der Waals surface area contributed by atoms with Crippen LogP contribution in [0.3, 0.4) is 0 Å². The summed E-state index contributed by atoms with van der Waals surface area (Å²) in [5, 5.41) is 3.86. The minimum atomic E-state index is -0.287. The van der Waals surface area contributed by atoms with Crippen LogP contribution in [-0.2, 0) is 4.74 Å². The first-order valence-electron chi connectivity index (χ1n) is 7.98. The number of likely N-dealkylation sites (tertiary alicyclic amines) is 1. The van der Waals surface area contributed by atoms with Crippen LogP contribution >= 0.6 is 15.9 Å². The lowest BCUT2D eigenvalue weighted by Gasteiger charge is -2.31. The van der Waals surface area contributed by atoms with Gasteiger partial charge in [0, 0.05) is 29.0 Å². The zero-order chi connectivity index (χ0) is 17.1. The lowest BCUT2D eigenvalue weighted by molar-refractivity contribution is 0.0842. The van der Waals surface area contributed by atoms with E-state index in [0.29, 0.717) is 43.9 Å². The molecular formula is C17H19BrN2O4. The molecule has 1 fully saturated rings. The third-order valence-electron chi connectivity index (χ3n) is 4.06. The predicted molar refractivity (Wildman–Crippen MR) is 93.0 cm³/mol. The van der Waals surface area contributed by atoms with Crippen LogP contribution in [0.1, 0.15) is 30.3 Å². The Morgan fingerprint density at radius 3 is 2.79 bits per heavy atom. The van der Waals surface area contributed by atoms with Crippen LogP contribution in [0.25, 0.3) is 11.0 Å². The Morgan fingerprint density at radius 1 is 1.33 bits per heavy atom. The minimum Gasteiger partial charge on any atom is -0.451 e. The smallest absolute Gasteiger partial charge is 0.409 e. The minimum absolute atomic E-state index is 0.0307. The molecule has 1 aliphatic rings. The second-order valence-electron chi connectivity index (χ2n) is 5.73. The van der Waals surface area contributed by atoms with Crippen LogP contribution in [0.5, 0.6) is 0 Å². The van der Waals surface area contributed by atoms with E-state index in [0.717, 1.165) is 9.86 Å². The van der Waals surface area contributed by atoms with E-state index in [1.807, 2.05) is 18.2 Å². The first-order chi connectivity index (χ1) is 11.6. The van der Waals surface area contributed by atoms with Gasteiger partial charge in [0.2, 0.25) is 0 Å². The number of ether oxygens (including phenoxy) is 1. The van der Waals surface area contributed by atoms with Crippen molar-refractivity contribution in [2.45, 2.75) is 25.8 Å². The number of nitrogens with zero attached hydrogens (tertiary/aromatic N) is 1. The van der Waals surface area contributed by atoms with E-state index in [9.17, 15) is 9.59 Å². The number of benzene rings is 1. The summed E-state index contributed by atoms with van der Waals surface area (Å²) in [5.41, 5.74) is 0.681. The van der Waals surface area contributed by atoms with Gasteiger partial charge in [-0.3, -0.25) is 4.79 Å². The number of halogens is 1. The summed E-state index contributed by atoms with van der Waals surface area (Å²) in [7, 11) is 0. The maximum absolute atomic E-state index is 12.4. The Kier molecular flexibility index (Phi) is 5.08. The van der Waals surface area contributed by atoms with E-state index in [1.54, 1.807) is 17.9 Å². The maximum atomic E-state index is 12.4. The highest BCUT2D eigenvalue weighted by Gasteiger charge is 2.25. The molecular weight excluding hydrogens is 376 g/mol. The van der Waals surface area contributed by atoms with Crippen LogP contribution < -0.4 is 5.32 Å². The third kappa shape index (κ3) is 3.72. The monoisotopic (exact) mass is 394 g/mol. The fraction of sp³-hybridized carbons (Fsp3) is 0.412. The van der Waals surface area contributed by atoms with Crippen molar-refractivity contribution in [3.8, 4) is 0 Å². The summed E-state index contributed by atoms with van der Waals surface area (Å²) >= 11 is 3.40. The van der Waals surface area contributed by atoms with Gasteiger partial charge in [0.25, 0.3) is 5.91 Å². The van der Waals surface area contributed by atoms with E-state index < -0.39 is 0 Å². The molecule has 0 unspecified atom stereocenters. The standard InChI is InChI=1S/C17H19BrN2O4/c1-2-23-17(22)20-7-5-13(6-8-20)19-16(21)15-10-11-9-12(18)3-4-14(11)24-15/h3-4,9-10,13H,2,5-8H2,1H3,(H,19,21). The van der Waals surface area contributed by atoms with E-state index in [2.05, 4.69) is 21.2 Å². The van der Waals surface area contributed by atoms with Gasteiger partial charge < -0.3 is 19.4 Å². The van der Waals surface area contributed by atoms with Crippen molar-refractivity contribution < 1.29 is 18.7 Å². The highest BCUT2D eigenvalue weighted by atomic mass is 79.9. The number of piperidine rings is 1. The molecule has 0 radical (unpaired) electrons. The normalized spacial score (nSPS) is 15.5. The largest absolute Gasteiger partial charge is 0.451 e. The Labute approximate surface area is 148 Å². The van der Waals surface area contributed by atoms with E-state index in [4.69, 9.17) is 9.15 Å². The van der Waals surface area contributed by atoms with Crippen molar-refractivity contribution >= 4 is 38.9 Å². The number of fused-ring (bicyclic) bond motifs is 1. The molecule has 1 N–H and O–H groups in total. The molecule has 0 atom stereocenters. The van der Waals surface area contributed by atoms with E-state index in [1.165, 1.54) is 0 Å². The Bertz CT molecular complexity index is 750. The van der Waals surface area contributed by atoms with Crippen LogP contribution in [0.15, 0.2) is 33.2 Å². The van der Waals surface area contributed by atoms with E-state index in [-0.39, 0.29) is 18.0 Å². The van der Waals surface area contributed by atoms with Gasteiger partial charge in [0.05, 0.1) is 6.61 Å². The van der Waals surface area contributed by atoms with Gasteiger partial charge in [-0.05, 0) is 44.0 Å². The predicted octanol–water partition coefficient (Wildman–Crippen LogP) is 3.55. The molecule has 2 amide bonds. The molecule has 0 bridgehead atoms. The van der Waals surface area contributed by atoms with Gasteiger partial charge in [-0.2, -0.15) is 0 Å². The molecule has 0 saturated carbocycles. The summed E-state index contributed by atoms with van der Waals surface area (Å²) in [4.78, 5) is 25.7. The maximum Gasteiger partial charge on any atom is 0.409 e. The van der Waals surface area contributed by atoms with Crippen molar-refractivity contribution in [1.29, 1.82) is 0 Å². The van der Waals surface area contributed by atoms with Crippen molar-refractivity contribution in [3.05, 3.63) is 34.5 Å². The van der Waals surface area contributed by atoms with Crippen molar-refractivity contribution in [1.82, 2.24) is 10.2 Å². The van der Waals surface area contributed by atoms with Gasteiger partial charge in [-0.25, -0.2) is 4.79 Å². The second kappa shape index (κ2) is 7.25. The number of amides is 2. The molecule has 6 nitrogen and oxygen atoms in total. The SMILES string of the molecule is CCOC(=O)N1CCC(NC(=O)c2cc3cc(Br)ccc3o2)CC1. The van der Waals surface area contributed by atoms with Gasteiger partial charge >= 0.3 is 6.09 Å². The van der Waals surface area contributed by atoms with Gasteiger partial charge in [0.15, 0.2) is 5.76 Å². The Balaban J connectivity index is 1.58. The number of hydrogen-bond acceptors (Lipinski definition) is 4. The molecule has 3 rings (SSSR count). The molecule has 7 heteroatoms. The van der Waals surface area contributed by atoms with E-state index >= 15 is 0 Å². The third-order valence-corrected chi connectivity index (χ3v) is 4.55. The zero-order valence-electron chi connectivity index (χ0n) is 13.4. The summed E-state index contributed by atoms with van der Waals surface area (Å²) < 4.78 is 11.5. The first-order valence-corrected chi connectivity index (χ1v) is 8.78.